The highest BCUT2D eigenvalue weighted by Crippen LogP contribution is 2.02. The molecule has 0 fully saturated rings. The third-order valence-corrected chi connectivity index (χ3v) is 2.60. The molecule has 0 radical (unpaired) electrons. The molecule has 2 amide bonds. The predicted octanol–water partition coefficient (Wildman–Crippen LogP) is 0.941. The third kappa shape index (κ3) is 5.76. The van der Waals surface area contributed by atoms with Gasteiger partial charge in [0.1, 0.15) is 17.6 Å². The molecule has 7 nitrogen and oxygen atoms in total. The molecule has 0 aromatic carbocycles. The van der Waals surface area contributed by atoms with Gasteiger partial charge in [0.2, 0.25) is 5.91 Å². The maximum atomic E-state index is 12.0. The smallest absolute Gasteiger partial charge is 0.272 e. The summed E-state index contributed by atoms with van der Waals surface area (Å²) in [5.74, 6) is -0.107. The minimum Gasteiger partial charge on any atom is -0.369 e. The van der Waals surface area contributed by atoms with Crippen LogP contribution in [0.25, 0.3) is 0 Å². The second-order valence-electron chi connectivity index (χ2n) is 5.07. The standard InChI is InChI=1S/C14H23N5O2/c1-5-6-16-12-8-15-7-11(19-12)14(21)18-10(4)13(20)17-9(2)3/h7-10H,5-6H2,1-4H3,(H,16,19)(H,17,20)(H,18,21). The fourth-order valence-electron chi connectivity index (χ4n) is 1.56. The number of rotatable bonds is 7. The summed E-state index contributed by atoms with van der Waals surface area (Å²) < 4.78 is 0. The van der Waals surface area contributed by atoms with Crippen LogP contribution in [0.2, 0.25) is 0 Å². The maximum absolute atomic E-state index is 12.0. The van der Waals surface area contributed by atoms with Crippen molar-refractivity contribution in [3.63, 3.8) is 0 Å². The second-order valence-corrected chi connectivity index (χ2v) is 5.07. The lowest BCUT2D eigenvalue weighted by molar-refractivity contribution is -0.123. The Balaban J connectivity index is 2.64. The minimum absolute atomic E-state index is 0.0261. The fraction of sp³-hybridized carbons (Fsp3) is 0.571. The van der Waals surface area contributed by atoms with Crippen LogP contribution in [-0.2, 0) is 4.79 Å². The number of amides is 2. The Labute approximate surface area is 124 Å². The van der Waals surface area contributed by atoms with E-state index in [4.69, 9.17) is 0 Å². The average Bonchev–Trinajstić information content (AvgIpc) is 2.44. The monoisotopic (exact) mass is 293 g/mol. The van der Waals surface area contributed by atoms with Gasteiger partial charge >= 0.3 is 0 Å². The fourth-order valence-corrected chi connectivity index (χ4v) is 1.56. The molecule has 0 aliphatic heterocycles. The first kappa shape index (κ1) is 16.9. The zero-order valence-electron chi connectivity index (χ0n) is 12.9. The quantitative estimate of drug-likeness (QED) is 0.695. The summed E-state index contributed by atoms with van der Waals surface area (Å²) in [6, 6.07) is -0.604. The van der Waals surface area contributed by atoms with Crippen LogP contribution in [0, 0.1) is 0 Å². The van der Waals surface area contributed by atoms with Gasteiger partial charge in [-0.15, -0.1) is 0 Å². The Morgan fingerprint density at radius 2 is 1.90 bits per heavy atom. The summed E-state index contributed by atoms with van der Waals surface area (Å²) in [6.45, 7) is 8.14. The van der Waals surface area contributed by atoms with Gasteiger partial charge in [-0.25, -0.2) is 4.98 Å². The van der Waals surface area contributed by atoms with E-state index in [2.05, 4.69) is 25.9 Å². The molecule has 0 bridgehead atoms. The molecule has 1 unspecified atom stereocenters. The van der Waals surface area contributed by atoms with E-state index < -0.39 is 11.9 Å². The second kappa shape index (κ2) is 8.18. The molecule has 0 aliphatic rings. The van der Waals surface area contributed by atoms with Crippen molar-refractivity contribution >= 4 is 17.6 Å². The molecule has 1 atom stereocenters. The van der Waals surface area contributed by atoms with Crippen LogP contribution in [0.3, 0.4) is 0 Å². The van der Waals surface area contributed by atoms with Gasteiger partial charge in [0.25, 0.3) is 5.91 Å². The number of carbonyl (C=O) groups is 2. The Kier molecular flexibility index (Phi) is 6.58. The Hall–Kier alpha value is -2.18. The van der Waals surface area contributed by atoms with Gasteiger partial charge in [-0.05, 0) is 27.2 Å². The summed E-state index contributed by atoms with van der Waals surface area (Å²) in [6.07, 6.45) is 3.88. The van der Waals surface area contributed by atoms with Crippen LogP contribution in [0.15, 0.2) is 12.4 Å². The lowest BCUT2D eigenvalue weighted by Gasteiger charge is -2.15. The van der Waals surface area contributed by atoms with Crippen molar-refractivity contribution in [3.05, 3.63) is 18.1 Å². The van der Waals surface area contributed by atoms with E-state index in [1.807, 2.05) is 20.8 Å². The van der Waals surface area contributed by atoms with Gasteiger partial charge in [-0.1, -0.05) is 6.92 Å². The third-order valence-electron chi connectivity index (χ3n) is 2.60. The van der Waals surface area contributed by atoms with Gasteiger partial charge in [0, 0.05) is 12.6 Å². The van der Waals surface area contributed by atoms with Crippen molar-refractivity contribution in [1.82, 2.24) is 20.6 Å². The van der Waals surface area contributed by atoms with E-state index >= 15 is 0 Å². The molecule has 1 rings (SSSR count). The van der Waals surface area contributed by atoms with Crippen LogP contribution in [0.5, 0.6) is 0 Å². The predicted molar refractivity (Wildman–Crippen MR) is 81.0 cm³/mol. The maximum Gasteiger partial charge on any atom is 0.272 e. The van der Waals surface area contributed by atoms with E-state index in [-0.39, 0.29) is 17.6 Å². The number of nitrogens with one attached hydrogen (secondary N) is 3. The van der Waals surface area contributed by atoms with Crippen LogP contribution in [0.1, 0.15) is 44.6 Å². The number of anilines is 1. The zero-order valence-corrected chi connectivity index (χ0v) is 12.9. The van der Waals surface area contributed by atoms with E-state index in [1.165, 1.54) is 6.20 Å². The summed E-state index contributed by atoms with van der Waals surface area (Å²) in [5, 5.41) is 8.40. The van der Waals surface area contributed by atoms with Crippen molar-refractivity contribution in [3.8, 4) is 0 Å². The molecule has 0 spiro atoms. The van der Waals surface area contributed by atoms with Gasteiger partial charge in [-0.3, -0.25) is 14.6 Å². The van der Waals surface area contributed by atoms with E-state index in [1.54, 1.807) is 13.1 Å². The van der Waals surface area contributed by atoms with E-state index in [0.29, 0.717) is 5.82 Å². The number of hydrogen-bond donors (Lipinski definition) is 3. The molecule has 7 heteroatoms. The van der Waals surface area contributed by atoms with Crippen LogP contribution < -0.4 is 16.0 Å². The molecule has 0 saturated heterocycles. The summed E-state index contributed by atoms with van der Waals surface area (Å²) >= 11 is 0. The first-order valence-electron chi connectivity index (χ1n) is 7.11. The molecule has 1 aromatic heterocycles. The van der Waals surface area contributed by atoms with Crippen LogP contribution >= 0.6 is 0 Å². The highest BCUT2D eigenvalue weighted by molar-refractivity contribution is 5.96. The SMILES string of the molecule is CCCNc1cncc(C(=O)NC(C)C(=O)NC(C)C)n1. The molecule has 1 aromatic rings. The van der Waals surface area contributed by atoms with Crippen molar-refractivity contribution in [2.75, 3.05) is 11.9 Å². The lowest BCUT2D eigenvalue weighted by Crippen LogP contribution is -2.47. The largest absolute Gasteiger partial charge is 0.369 e. The molecule has 3 N–H and O–H groups in total. The first-order valence-corrected chi connectivity index (χ1v) is 7.11. The summed E-state index contributed by atoms with van der Waals surface area (Å²) in [7, 11) is 0. The van der Waals surface area contributed by atoms with Crippen molar-refractivity contribution < 1.29 is 9.59 Å². The average molecular weight is 293 g/mol. The first-order chi connectivity index (χ1) is 9.93. The van der Waals surface area contributed by atoms with Crippen LogP contribution in [-0.4, -0.2) is 40.4 Å². The molecule has 116 valence electrons. The van der Waals surface area contributed by atoms with Crippen LogP contribution in [0.4, 0.5) is 5.82 Å². The van der Waals surface area contributed by atoms with Gasteiger partial charge in [0.05, 0.1) is 12.4 Å². The highest BCUT2D eigenvalue weighted by Gasteiger charge is 2.18. The number of hydrogen-bond acceptors (Lipinski definition) is 5. The number of carbonyl (C=O) groups excluding carboxylic acids is 2. The Bertz CT molecular complexity index is 490. The molecule has 21 heavy (non-hydrogen) atoms. The summed E-state index contributed by atoms with van der Waals surface area (Å²) in [5.41, 5.74) is 0.181. The van der Waals surface area contributed by atoms with E-state index in [9.17, 15) is 9.59 Å². The molecule has 0 saturated carbocycles. The molecule has 0 aliphatic carbocycles. The van der Waals surface area contributed by atoms with Crippen molar-refractivity contribution in [2.45, 2.75) is 46.2 Å². The van der Waals surface area contributed by atoms with Gasteiger partial charge < -0.3 is 16.0 Å². The van der Waals surface area contributed by atoms with Gasteiger partial charge in [0.15, 0.2) is 0 Å². The normalized spacial score (nSPS) is 11.9. The lowest BCUT2D eigenvalue weighted by atomic mass is 10.2. The number of aromatic nitrogens is 2. The molecule has 1 heterocycles. The molecular weight excluding hydrogens is 270 g/mol. The zero-order chi connectivity index (χ0) is 15.8. The Morgan fingerprint density at radius 3 is 2.52 bits per heavy atom. The Morgan fingerprint density at radius 1 is 1.19 bits per heavy atom. The number of nitrogens with zero attached hydrogens (tertiary/aromatic N) is 2. The highest BCUT2D eigenvalue weighted by atomic mass is 16.2. The van der Waals surface area contributed by atoms with E-state index in [0.717, 1.165) is 13.0 Å². The minimum atomic E-state index is -0.631. The summed E-state index contributed by atoms with van der Waals surface area (Å²) in [4.78, 5) is 31.9. The van der Waals surface area contributed by atoms with Gasteiger partial charge in [-0.2, -0.15) is 0 Å². The van der Waals surface area contributed by atoms with Crippen molar-refractivity contribution in [2.24, 2.45) is 0 Å². The van der Waals surface area contributed by atoms with Crippen molar-refractivity contribution in [1.29, 1.82) is 0 Å². The molecular formula is C14H23N5O2. The topological polar surface area (TPSA) is 96.0 Å².